The summed E-state index contributed by atoms with van der Waals surface area (Å²) in [7, 11) is 1.99. The molecule has 1 aromatic heterocycles. The summed E-state index contributed by atoms with van der Waals surface area (Å²) in [4.78, 5) is 0. The Hall–Kier alpha value is -1.68. The summed E-state index contributed by atoms with van der Waals surface area (Å²) in [6.45, 7) is 5.89. The average Bonchev–Trinajstić information content (AvgIpc) is 2.71. The van der Waals surface area contributed by atoms with Crippen LogP contribution in [0.3, 0.4) is 0 Å². The predicted molar refractivity (Wildman–Crippen MR) is 72.3 cm³/mol. The first kappa shape index (κ1) is 12.8. The van der Waals surface area contributed by atoms with E-state index in [0.29, 0.717) is 5.92 Å². The van der Waals surface area contributed by atoms with Crippen LogP contribution in [0.2, 0.25) is 0 Å². The minimum atomic E-state index is 0.500. The zero-order valence-electron chi connectivity index (χ0n) is 11.2. The first-order valence-corrected chi connectivity index (χ1v) is 6.29. The van der Waals surface area contributed by atoms with Crippen molar-refractivity contribution in [3.63, 3.8) is 0 Å². The number of rotatable bonds is 5. The standard InChI is InChI=1S/C14H20N4/c1-11(13-7-5-4-6-8-13)9-15-10-14-17-16-12(2)18(14)3/h4-8,11,15H,9-10H2,1-3H3. The molecular formula is C14H20N4. The van der Waals surface area contributed by atoms with Gasteiger partial charge < -0.3 is 9.88 Å². The fourth-order valence-electron chi connectivity index (χ4n) is 1.90. The van der Waals surface area contributed by atoms with E-state index in [1.165, 1.54) is 5.56 Å². The van der Waals surface area contributed by atoms with Crippen molar-refractivity contribution >= 4 is 0 Å². The van der Waals surface area contributed by atoms with E-state index in [1.807, 2.05) is 24.6 Å². The van der Waals surface area contributed by atoms with Crippen LogP contribution in [-0.4, -0.2) is 21.3 Å². The van der Waals surface area contributed by atoms with Crippen molar-refractivity contribution in [2.24, 2.45) is 7.05 Å². The summed E-state index contributed by atoms with van der Waals surface area (Å²) in [5, 5.41) is 11.6. The van der Waals surface area contributed by atoms with Crippen LogP contribution in [0.25, 0.3) is 0 Å². The fourth-order valence-corrected chi connectivity index (χ4v) is 1.90. The van der Waals surface area contributed by atoms with Crippen LogP contribution in [-0.2, 0) is 13.6 Å². The lowest BCUT2D eigenvalue weighted by molar-refractivity contribution is 0.586. The topological polar surface area (TPSA) is 42.7 Å². The number of nitrogens with zero attached hydrogens (tertiary/aromatic N) is 3. The minimum absolute atomic E-state index is 0.500. The summed E-state index contributed by atoms with van der Waals surface area (Å²) in [6, 6.07) is 10.5. The molecule has 1 aromatic carbocycles. The van der Waals surface area contributed by atoms with Gasteiger partial charge in [-0.25, -0.2) is 0 Å². The minimum Gasteiger partial charge on any atom is -0.317 e. The molecule has 0 radical (unpaired) electrons. The molecule has 0 bridgehead atoms. The highest BCUT2D eigenvalue weighted by atomic mass is 15.3. The van der Waals surface area contributed by atoms with Gasteiger partial charge in [-0.3, -0.25) is 0 Å². The summed E-state index contributed by atoms with van der Waals surface area (Å²) in [5.74, 6) is 2.43. The van der Waals surface area contributed by atoms with Crippen LogP contribution >= 0.6 is 0 Å². The van der Waals surface area contributed by atoms with Gasteiger partial charge in [0.1, 0.15) is 11.6 Å². The van der Waals surface area contributed by atoms with Gasteiger partial charge in [-0.1, -0.05) is 37.3 Å². The Balaban J connectivity index is 1.84. The molecule has 4 heteroatoms. The quantitative estimate of drug-likeness (QED) is 0.875. The van der Waals surface area contributed by atoms with Crippen molar-refractivity contribution in [3.05, 3.63) is 47.5 Å². The van der Waals surface area contributed by atoms with E-state index in [4.69, 9.17) is 0 Å². The van der Waals surface area contributed by atoms with E-state index in [1.54, 1.807) is 0 Å². The van der Waals surface area contributed by atoms with Gasteiger partial charge in [0.15, 0.2) is 0 Å². The second-order valence-electron chi connectivity index (χ2n) is 4.67. The van der Waals surface area contributed by atoms with E-state index in [9.17, 15) is 0 Å². The number of aromatic nitrogens is 3. The lowest BCUT2D eigenvalue weighted by atomic mass is 10.0. The predicted octanol–water partition coefficient (Wildman–Crippen LogP) is 2.02. The number of hydrogen-bond acceptors (Lipinski definition) is 3. The Kier molecular flexibility index (Phi) is 4.10. The highest BCUT2D eigenvalue weighted by Crippen LogP contribution is 2.13. The Morgan fingerprint density at radius 3 is 2.56 bits per heavy atom. The molecule has 1 unspecified atom stereocenters. The van der Waals surface area contributed by atoms with Crippen LogP contribution in [0.5, 0.6) is 0 Å². The number of hydrogen-bond donors (Lipinski definition) is 1. The molecule has 0 saturated carbocycles. The van der Waals surface area contributed by atoms with Gasteiger partial charge in [-0.05, 0) is 18.4 Å². The molecule has 0 fully saturated rings. The highest BCUT2D eigenvalue weighted by Gasteiger charge is 2.07. The molecule has 1 atom stereocenters. The lowest BCUT2D eigenvalue weighted by Crippen LogP contribution is -2.21. The molecule has 18 heavy (non-hydrogen) atoms. The normalized spacial score (nSPS) is 12.6. The SMILES string of the molecule is Cc1nnc(CNCC(C)c2ccccc2)n1C. The molecule has 96 valence electrons. The molecule has 1 heterocycles. The van der Waals surface area contributed by atoms with Crippen molar-refractivity contribution in [1.29, 1.82) is 0 Å². The number of aryl methyl sites for hydroxylation is 1. The van der Waals surface area contributed by atoms with Gasteiger partial charge in [0.2, 0.25) is 0 Å². The molecule has 4 nitrogen and oxygen atoms in total. The summed E-state index contributed by atoms with van der Waals surface area (Å²) in [6.07, 6.45) is 0. The Bertz CT molecular complexity index is 490. The molecule has 0 saturated heterocycles. The smallest absolute Gasteiger partial charge is 0.146 e. The van der Waals surface area contributed by atoms with Crippen molar-refractivity contribution in [2.75, 3.05) is 6.54 Å². The van der Waals surface area contributed by atoms with Gasteiger partial charge in [-0.15, -0.1) is 10.2 Å². The Labute approximate surface area is 108 Å². The second kappa shape index (κ2) is 5.78. The van der Waals surface area contributed by atoms with E-state index in [-0.39, 0.29) is 0 Å². The lowest BCUT2D eigenvalue weighted by Gasteiger charge is -2.12. The van der Waals surface area contributed by atoms with E-state index in [2.05, 4.69) is 46.7 Å². The van der Waals surface area contributed by atoms with Crippen LogP contribution in [0, 0.1) is 6.92 Å². The van der Waals surface area contributed by atoms with E-state index < -0.39 is 0 Å². The van der Waals surface area contributed by atoms with Gasteiger partial charge in [0, 0.05) is 13.6 Å². The maximum atomic E-state index is 4.14. The maximum Gasteiger partial charge on any atom is 0.146 e. The van der Waals surface area contributed by atoms with Crippen LogP contribution < -0.4 is 5.32 Å². The molecule has 0 aliphatic heterocycles. The van der Waals surface area contributed by atoms with E-state index in [0.717, 1.165) is 24.7 Å². The van der Waals surface area contributed by atoms with Crippen molar-refractivity contribution in [1.82, 2.24) is 20.1 Å². The Morgan fingerprint density at radius 1 is 1.22 bits per heavy atom. The summed E-state index contributed by atoms with van der Waals surface area (Å²) >= 11 is 0. The van der Waals surface area contributed by atoms with Gasteiger partial charge in [0.05, 0.1) is 6.54 Å². The fraction of sp³-hybridized carbons (Fsp3) is 0.429. The third-order valence-corrected chi connectivity index (χ3v) is 3.28. The van der Waals surface area contributed by atoms with Crippen molar-refractivity contribution < 1.29 is 0 Å². The highest BCUT2D eigenvalue weighted by molar-refractivity contribution is 5.18. The average molecular weight is 244 g/mol. The van der Waals surface area contributed by atoms with Gasteiger partial charge in [-0.2, -0.15) is 0 Å². The molecule has 2 rings (SSSR count). The van der Waals surface area contributed by atoms with Crippen molar-refractivity contribution in [3.8, 4) is 0 Å². The first-order valence-electron chi connectivity index (χ1n) is 6.29. The molecule has 0 aliphatic carbocycles. The molecule has 2 aromatic rings. The second-order valence-corrected chi connectivity index (χ2v) is 4.67. The third kappa shape index (κ3) is 2.96. The number of nitrogens with one attached hydrogen (secondary N) is 1. The molecule has 0 amide bonds. The summed E-state index contributed by atoms with van der Waals surface area (Å²) in [5.41, 5.74) is 1.36. The third-order valence-electron chi connectivity index (χ3n) is 3.28. The van der Waals surface area contributed by atoms with Crippen LogP contribution in [0.15, 0.2) is 30.3 Å². The van der Waals surface area contributed by atoms with E-state index >= 15 is 0 Å². The largest absolute Gasteiger partial charge is 0.317 e. The van der Waals surface area contributed by atoms with Crippen molar-refractivity contribution in [2.45, 2.75) is 26.3 Å². The molecule has 0 spiro atoms. The zero-order chi connectivity index (χ0) is 13.0. The first-order chi connectivity index (χ1) is 8.68. The molecule has 1 N–H and O–H groups in total. The summed E-state index contributed by atoms with van der Waals surface area (Å²) < 4.78 is 2.01. The van der Waals surface area contributed by atoms with Crippen LogP contribution in [0.1, 0.15) is 30.1 Å². The zero-order valence-corrected chi connectivity index (χ0v) is 11.2. The monoisotopic (exact) mass is 244 g/mol. The Morgan fingerprint density at radius 2 is 1.94 bits per heavy atom. The maximum absolute atomic E-state index is 4.14. The molecular weight excluding hydrogens is 224 g/mol. The van der Waals surface area contributed by atoms with Gasteiger partial charge in [0.25, 0.3) is 0 Å². The van der Waals surface area contributed by atoms with Gasteiger partial charge >= 0.3 is 0 Å². The van der Waals surface area contributed by atoms with Crippen LogP contribution in [0.4, 0.5) is 0 Å². The number of benzene rings is 1. The molecule has 0 aliphatic rings.